The summed E-state index contributed by atoms with van der Waals surface area (Å²) in [5, 5.41) is 0. The third-order valence-electron chi connectivity index (χ3n) is 2.87. The van der Waals surface area contributed by atoms with Crippen molar-refractivity contribution in [2.24, 2.45) is 0 Å². The number of hydrogen-bond acceptors (Lipinski definition) is 3. The quantitative estimate of drug-likeness (QED) is 0.678. The van der Waals surface area contributed by atoms with Crippen LogP contribution in [0.2, 0.25) is 0 Å². The highest BCUT2D eigenvalue weighted by Gasteiger charge is 2.21. The van der Waals surface area contributed by atoms with Gasteiger partial charge in [0.1, 0.15) is 5.75 Å². The third-order valence-corrected chi connectivity index (χ3v) is 3.55. The van der Waals surface area contributed by atoms with E-state index >= 15 is 0 Å². The van der Waals surface area contributed by atoms with E-state index in [0.717, 1.165) is 0 Å². The lowest BCUT2D eigenvalue weighted by Crippen LogP contribution is -2.15. The molecule has 4 nitrogen and oxygen atoms in total. The average Bonchev–Trinajstić information content (AvgIpc) is 2.38. The summed E-state index contributed by atoms with van der Waals surface area (Å²) in [6.45, 7) is 0. The smallest absolute Gasteiger partial charge is 0.269 e. The Labute approximate surface area is 112 Å². The van der Waals surface area contributed by atoms with Gasteiger partial charge < -0.3 is 0 Å². The first kappa shape index (κ1) is 13.7. The first-order valence-electron chi connectivity index (χ1n) is 5.92. The summed E-state index contributed by atoms with van der Waals surface area (Å²) >= 11 is 0. The van der Waals surface area contributed by atoms with Crippen LogP contribution >= 0.6 is 0 Å². The van der Waals surface area contributed by atoms with Crippen molar-refractivity contribution in [1.29, 1.82) is 0 Å². The van der Waals surface area contributed by atoms with E-state index < -0.39 is 15.9 Å². The minimum absolute atomic E-state index is 0.213. The van der Waals surface area contributed by atoms with E-state index in [1.165, 1.54) is 0 Å². The predicted molar refractivity (Wildman–Crippen MR) is 72.6 cm³/mol. The number of carbonyl (C=O) groups is 1. The molecule has 0 saturated heterocycles. The van der Waals surface area contributed by atoms with Crippen LogP contribution in [0.4, 0.5) is 0 Å². The molecule has 0 atom stereocenters. The average molecular weight is 278 g/mol. The van der Waals surface area contributed by atoms with Crippen molar-refractivity contribution >= 4 is 15.9 Å². The molecule has 0 aliphatic heterocycles. The summed E-state index contributed by atoms with van der Waals surface area (Å²) < 4.78 is 30.9. The molecule has 0 unspecified atom stereocenters. The second-order valence-corrected chi connectivity index (χ2v) is 5.80. The van der Waals surface area contributed by atoms with Gasteiger partial charge >= 0.3 is 0 Å². The lowest BCUT2D eigenvalue weighted by atomic mass is 9.92. The monoisotopic (exact) mass is 278 g/mol. The van der Waals surface area contributed by atoms with E-state index in [4.69, 9.17) is 4.55 Å². The van der Waals surface area contributed by atoms with Crippen molar-refractivity contribution < 1.29 is 17.8 Å². The number of hydrogen-bond donors (Lipinski definition) is 1. The summed E-state index contributed by atoms with van der Waals surface area (Å²) in [4.78, 5) is 12.3. The Morgan fingerprint density at radius 3 is 2.37 bits per heavy atom. The molecule has 1 aliphatic rings. The Morgan fingerprint density at radius 2 is 1.74 bits per heavy atom. The molecule has 1 aliphatic carbocycles. The van der Waals surface area contributed by atoms with Crippen molar-refractivity contribution in [2.45, 2.75) is 12.8 Å². The van der Waals surface area contributed by atoms with Crippen LogP contribution < -0.4 is 0 Å². The molecule has 0 aromatic heterocycles. The van der Waals surface area contributed by atoms with E-state index in [1.54, 1.807) is 42.5 Å². The molecule has 0 fully saturated rings. The second-order valence-electron chi connectivity index (χ2n) is 4.35. The van der Waals surface area contributed by atoms with E-state index in [1.807, 2.05) is 0 Å². The third kappa shape index (κ3) is 3.62. The maximum Gasteiger partial charge on any atom is 0.269 e. The molecule has 0 radical (unpaired) electrons. The standard InChI is InChI=1S/C14H14O4S/c15-14(11-6-2-1-3-7-11)13-9-5-4-8-12(13)10-19(16,17)18/h1-3,6-9H,4-5,10H2,(H,16,17,18). The Morgan fingerprint density at radius 1 is 1.11 bits per heavy atom. The zero-order valence-corrected chi connectivity index (χ0v) is 11.1. The topological polar surface area (TPSA) is 71.4 Å². The van der Waals surface area contributed by atoms with Crippen molar-refractivity contribution in [3.05, 3.63) is 59.2 Å². The van der Waals surface area contributed by atoms with Crippen LogP contribution in [0.1, 0.15) is 23.2 Å². The van der Waals surface area contributed by atoms with Crippen molar-refractivity contribution in [2.75, 3.05) is 5.75 Å². The number of rotatable bonds is 4. The van der Waals surface area contributed by atoms with E-state index in [9.17, 15) is 13.2 Å². The highest BCUT2D eigenvalue weighted by molar-refractivity contribution is 7.86. The summed E-state index contributed by atoms with van der Waals surface area (Å²) in [5.41, 5.74) is 1.26. The first-order chi connectivity index (χ1) is 8.97. The summed E-state index contributed by atoms with van der Waals surface area (Å²) in [7, 11) is -4.13. The van der Waals surface area contributed by atoms with Gasteiger partial charge in [-0.25, -0.2) is 0 Å². The molecule has 0 saturated carbocycles. The molecule has 0 spiro atoms. The molecule has 1 aromatic rings. The maximum atomic E-state index is 12.3. The van der Waals surface area contributed by atoms with Crippen LogP contribution in [0.3, 0.4) is 0 Å². The van der Waals surface area contributed by atoms with Gasteiger partial charge in [0.2, 0.25) is 0 Å². The number of carbonyl (C=O) groups excluding carboxylic acids is 1. The fourth-order valence-corrected chi connectivity index (χ4v) is 2.71. The normalized spacial score (nSPS) is 15.6. The minimum atomic E-state index is -4.13. The molecule has 1 N–H and O–H groups in total. The summed E-state index contributed by atoms with van der Waals surface area (Å²) in [6.07, 6.45) is 4.80. The van der Waals surface area contributed by atoms with Gasteiger partial charge in [0.15, 0.2) is 5.78 Å². The van der Waals surface area contributed by atoms with Crippen LogP contribution in [0.15, 0.2) is 53.6 Å². The summed E-state index contributed by atoms with van der Waals surface area (Å²) in [6, 6.07) is 8.68. The van der Waals surface area contributed by atoms with Crippen molar-refractivity contribution in [3.63, 3.8) is 0 Å². The lowest BCUT2D eigenvalue weighted by molar-refractivity contribution is 0.103. The first-order valence-corrected chi connectivity index (χ1v) is 7.53. The largest absolute Gasteiger partial charge is 0.289 e. The molecule has 5 heteroatoms. The molecule has 0 bridgehead atoms. The van der Waals surface area contributed by atoms with Gasteiger partial charge in [-0.2, -0.15) is 8.42 Å². The molecule has 0 amide bonds. The van der Waals surface area contributed by atoms with Crippen molar-refractivity contribution in [3.8, 4) is 0 Å². The molecule has 19 heavy (non-hydrogen) atoms. The van der Waals surface area contributed by atoms with Gasteiger partial charge in [0.05, 0.1) is 0 Å². The maximum absolute atomic E-state index is 12.3. The van der Waals surface area contributed by atoms with Crippen LogP contribution in [-0.2, 0) is 10.1 Å². The highest BCUT2D eigenvalue weighted by Crippen LogP contribution is 2.23. The number of allylic oxidation sites excluding steroid dienone is 3. The van der Waals surface area contributed by atoms with Crippen LogP contribution in [0.5, 0.6) is 0 Å². The number of ketones is 1. The minimum Gasteiger partial charge on any atom is -0.289 e. The lowest BCUT2D eigenvalue weighted by Gasteiger charge is -2.14. The highest BCUT2D eigenvalue weighted by atomic mass is 32.2. The van der Waals surface area contributed by atoms with Crippen molar-refractivity contribution in [1.82, 2.24) is 0 Å². The molecular formula is C14H14O4S. The zero-order chi connectivity index (χ0) is 13.9. The Balaban J connectivity index is 2.30. The zero-order valence-electron chi connectivity index (χ0n) is 10.2. The van der Waals surface area contributed by atoms with E-state index in [0.29, 0.717) is 29.6 Å². The molecule has 0 heterocycles. The van der Waals surface area contributed by atoms with Gasteiger partial charge in [-0.3, -0.25) is 9.35 Å². The van der Waals surface area contributed by atoms with Crippen LogP contribution in [0, 0.1) is 0 Å². The summed E-state index contributed by atoms with van der Waals surface area (Å²) in [5.74, 6) is -0.729. The number of Topliss-reactive ketones (excluding diaryl/α,β-unsaturated/α-hetero) is 1. The fourth-order valence-electron chi connectivity index (χ4n) is 2.04. The molecular weight excluding hydrogens is 264 g/mol. The molecule has 100 valence electrons. The van der Waals surface area contributed by atoms with Crippen LogP contribution in [-0.4, -0.2) is 24.5 Å². The SMILES string of the molecule is O=C(C1=CCCC=C1CS(=O)(=O)O)c1ccccc1. The van der Waals surface area contributed by atoms with Gasteiger partial charge in [-0.15, -0.1) is 0 Å². The Bertz CT molecular complexity index is 639. The van der Waals surface area contributed by atoms with Gasteiger partial charge in [0.25, 0.3) is 10.1 Å². The Hall–Kier alpha value is -1.72. The van der Waals surface area contributed by atoms with Gasteiger partial charge in [0, 0.05) is 11.1 Å². The fraction of sp³-hybridized carbons (Fsp3) is 0.214. The van der Waals surface area contributed by atoms with Crippen LogP contribution in [0.25, 0.3) is 0 Å². The predicted octanol–water partition coefficient (Wildman–Crippen LogP) is 2.40. The molecule has 1 aromatic carbocycles. The number of benzene rings is 1. The van der Waals surface area contributed by atoms with Gasteiger partial charge in [-0.05, 0) is 18.4 Å². The van der Waals surface area contributed by atoms with E-state index in [-0.39, 0.29) is 5.78 Å². The Kier molecular flexibility index (Phi) is 3.97. The van der Waals surface area contributed by atoms with Gasteiger partial charge in [-0.1, -0.05) is 42.5 Å². The second kappa shape index (κ2) is 5.50. The van der Waals surface area contributed by atoms with E-state index in [2.05, 4.69) is 0 Å². The molecule has 2 rings (SSSR count).